The van der Waals surface area contributed by atoms with Crippen molar-refractivity contribution in [2.45, 2.75) is 33.2 Å². The van der Waals surface area contributed by atoms with Crippen molar-refractivity contribution in [3.05, 3.63) is 41.5 Å². The molecule has 0 aliphatic rings. The van der Waals surface area contributed by atoms with Crippen LogP contribution in [0.4, 0.5) is 0 Å². The Morgan fingerprint density at radius 2 is 2.10 bits per heavy atom. The van der Waals surface area contributed by atoms with Crippen LogP contribution in [0.3, 0.4) is 0 Å². The average molecular weight is 274 g/mol. The largest absolute Gasteiger partial charge is 0.354 e. The summed E-state index contributed by atoms with van der Waals surface area (Å²) in [4.78, 5) is 23.3. The molecule has 0 unspecified atom stereocenters. The number of rotatable bonds is 6. The lowest BCUT2D eigenvalue weighted by Gasteiger charge is -2.12. The third-order valence-electron chi connectivity index (χ3n) is 2.77. The van der Waals surface area contributed by atoms with E-state index in [-0.39, 0.29) is 11.8 Å². The van der Waals surface area contributed by atoms with Crippen LogP contribution in [0.2, 0.25) is 0 Å². The summed E-state index contributed by atoms with van der Waals surface area (Å²) in [6, 6.07) is 7.32. The molecule has 4 nitrogen and oxygen atoms in total. The number of carbonyl (C=O) groups excluding carboxylic acids is 2. The van der Waals surface area contributed by atoms with Gasteiger partial charge in [-0.05, 0) is 31.9 Å². The summed E-state index contributed by atoms with van der Waals surface area (Å²) in [6.45, 7) is 6.27. The highest BCUT2D eigenvalue weighted by Gasteiger charge is 2.12. The van der Waals surface area contributed by atoms with Gasteiger partial charge in [0.05, 0.1) is 0 Å². The summed E-state index contributed by atoms with van der Waals surface area (Å²) in [5.74, 6) is -0.435. The van der Waals surface area contributed by atoms with Gasteiger partial charge in [0.15, 0.2) is 0 Å². The van der Waals surface area contributed by atoms with E-state index in [4.69, 9.17) is 0 Å². The number of aryl methyl sites for hydroxylation is 1. The second-order valence-corrected chi connectivity index (χ2v) is 4.77. The molecule has 1 aromatic rings. The summed E-state index contributed by atoms with van der Waals surface area (Å²) in [5, 5.41) is 5.38. The number of nitrogens with one attached hydrogen (secondary N) is 2. The third kappa shape index (κ3) is 5.69. The monoisotopic (exact) mass is 274 g/mol. The fourth-order valence-electron chi connectivity index (χ4n) is 1.67. The molecular formula is C16H22N2O2. The van der Waals surface area contributed by atoms with E-state index in [1.165, 1.54) is 6.08 Å². The maximum Gasteiger partial charge on any atom is 0.244 e. The van der Waals surface area contributed by atoms with Gasteiger partial charge < -0.3 is 10.6 Å². The molecule has 0 aromatic heterocycles. The maximum absolute atomic E-state index is 11.7. The number of hydrogen-bond acceptors (Lipinski definition) is 2. The number of amides is 2. The summed E-state index contributed by atoms with van der Waals surface area (Å²) in [6.07, 6.45) is 4.05. The molecule has 0 aliphatic carbocycles. The number of benzene rings is 1. The molecule has 1 rings (SSSR count). The van der Waals surface area contributed by atoms with Gasteiger partial charge in [-0.1, -0.05) is 36.8 Å². The summed E-state index contributed by atoms with van der Waals surface area (Å²) >= 11 is 0. The van der Waals surface area contributed by atoms with Crippen LogP contribution < -0.4 is 10.6 Å². The highest BCUT2D eigenvalue weighted by Crippen LogP contribution is 2.05. The van der Waals surface area contributed by atoms with Crippen molar-refractivity contribution in [2.75, 3.05) is 6.54 Å². The fraction of sp³-hybridized carbons (Fsp3) is 0.375. The number of hydrogen-bond donors (Lipinski definition) is 2. The Kier molecular flexibility index (Phi) is 6.50. The van der Waals surface area contributed by atoms with Gasteiger partial charge in [-0.25, -0.2) is 0 Å². The normalized spacial score (nSPS) is 12.2. The smallest absolute Gasteiger partial charge is 0.244 e. The Hall–Kier alpha value is -2.10. The first-order chi connectivity index (χ1) is 9.52. The van der Waals surface area contributed by atoms with Crippen molar-refractivity contribution in [3.63, 3.8) is 0 Å². The molecule has 1 atom stereocenters. The van der Waals surface area contributed by atoms with Crippen LogP contribution in [0.5, 0.6) is 0 Å². The van der Waals surface area contributed by atoms with Gasteiger partial charge in [0.25, 0.3) is 0 Å². The second-order valence-electron chi connectivity index (χ2n) is 4.77. The molecule has 2 N–H and O–H groups in total. The molecule has 2 amide bonds. The van der Waals surface area contributed by atoms with Gasteiger partial charge in [-0.15, -0.1) is 0 Å². The van der Waals surface area contributed by atoms with Gasteiger partial charge in [-0.2, -0.15) is 0 Å². The predicted octanol–water partition coefficient (Wildman–Crippen LogP) is 2.04. The molecular weight excluding hydrogens is 252 g/mol. The van der Waals surface area contributed by atoms with Crippen molar-refractivity contribution in [1.82, 2.24) is 10.6 Å². The van der Waals surface area contributed by atoms with E-state index in [0.717, 1.165) is 17.5 Å². The third-order valence-corrected chi connectivity index (χ3v) is 2.77. The second kappa shape index (κ2) is 8.15. The van der Waals surface area contributed by atoms with E-state index in [0.29, 0.717) is 6.54 Å². The highest BCUT2D eigenvalue weighted by atomic mass is 16.2. The van der Waals surface area contributed by atoms with Crippen molar-refractivity contribution in [1.29, 1.82) is 0 Å². The molecule has 0 spiro atoms. The maximum atomic E-state index is 11.7. The van der Waals surface area contributed by atoms with Crippen molar-refractivity contribution in [3.8, 4) is 0 Å². The zero-order chi connectivity index (χ0) is 15.0. The zero-order valence-corrected chi connectivity index (χ0v) is 12.3. The van der Waals surface area contributed by atoms with Crippen molar-refractivity contribution in [2.24, 2.45) is 0 Å². The molecule has 108 valence electrons. The van der Waals surface area contributed by atoms with Gasteiger partial charge in [0, 0.05) is 12.6 Å². The lowest BCUT2D eigenvalue weighted by molar-refractivity contribution is -0.126. The highest BCUT2D eigenvalue weighted by molar-refractivity contribution is 5.95. The van der Waals surface area contributed by atoms with Gasteiger partial charge in [0.1, 0.15) is 6.04 Å². The van der Waals surface area contributed by atoms with Crippen LogP contribution >= 0.6 is 0 Å². The first-order valence-corrected chi connectivity index (χ1v) is 6.86. The standard InChI is InChI=1S/C16H22N2O2/c1-4-10-17-16(20)13(3)18-15(19)9-8-14-7-5-6-12(2)11-14/h5-9,11,13H,4,10H2,1-3H3,(H,17,20)(H,18,19)/b9-8+/t13-/m0/s1. The minimum Gasteiger partial charge on any atom is -0.354 e. The average Bonchev–Trinajstić information content (AvgIpc) is 2.42. The predicted molar refractivity (Wildman–Crippen MR) is 81.1 cm³/mol. The van der Waals surface area contributed by atoms with Crippen LogP contribution in [-0.4, -0.2) is 24.4 Å². The summed E-state index contributed by atoms with van der Waals surface area (Å²) in [5.41, 5.74) is 2.10. The minimum atomic E-state index is -0.531. The Balaban J connectivity index is 2.49. The molecule has 0 radical (unpaired) electrons. The molecule has 0 saturated carbocycles. The summed E-state index contributed by atoms with van der Waals surface area (Å²) in [7, 11) is 0. The van der Waals surface area contributed by atoms with Crippen molar-refractivity contribution >= 4 is 17.9 Å². The van der Waals surface area contributed by atoms with Crippen molar-refractivity contribution < 1.29 is 9.59 Å². The number of carbonyl (C=O) groups is 2. The molecule has 0 fully saturated rings. The molecule has 1 aromatic carbocycles. The Labute approximate surface area is 120 Å². The van der Waals surface area contributed by atoms with E-state index >= 15 is 0 Å². The molecule has 0 heterocycles. The quantitative estimate of drug-likeness (QED) is 0.780. The van der Waals surface area contributed by atoms with E-state index in [9.17, 15) is 9.59 Å². The topological polar surface area (TPSA) is 58.2 Å². The van der Waals surface area contributed by atoms with E-state index in [2.05, 4.69) is 10.6 Å². The van der Waals surface area contributed by atoms with Crippen LogP contribution in [0, 0.1) is 6.92 Å². The Bertz CT molecular complexity index is 495. The van der Waals surface area contributed by atoms with E-state index in [1.807, 2.05) is 38.1 Å². The van der Waals surface area contributed by atoms with E-state index in [1.54, 1.807) is 13.0 Å². The Morgan fingerprint density at radius 3 is 2.75 bits per heavy atom. The van der Waals surface area contributed by atoms with Gasteiger partial charge in [-0.3, -0.25) is 9.59 Å². The van der Waals surface area contributed by atoms with Crippen LogP contribution in [0.15, 0.2) is 30.3 Å². The van der Waals surface area contributed by atoms with Crippen LogP contribution in [0.1, 0.15) is 31.4 Å². The first-order valence-electron chi connectivity index (χ1n) is 6.86. The van der Waals surface area contributed by atoms with E-state index < -0.39 is 6.04 Å². The SMILES string of the molecule is CCCNC(=O)[C@H](C)NC(=O)/C=C/c1cccc(C)c1. The minimum absolute atomic E-state index is 0.163. The molecule has 0 bridgehead atoms. The molecule has 0 saturated heterocycles. The molecule has 20 heavy (non-hydrogen) atoms. The lowest BCUT2D eigenvalue weighted by atomic mass is 10.1. The first kappa shape index (κ1) is 16.0. The fourth-order valence-corrected chi connectivity index (χ4v) is 1.67. The molecule has 0 aliphatic heterocycles. The summed E-state index contributed by atoms with van der Waals surface area (Å²) < 4.78 is 0. The van der Waals surface area contributed by atoms with Crippen LogP contribution in [-0.2, 0) is 9.59 Å². The molecule has 4 heteroatoms. The zero-order valence-electron chi connectivity index (χ0n) is 12.3. The van der Waals surface area contributed by atoms with Gasteiger partial charge >= 0.3 is 0 Å². The van der Waals surface area contributed by atoms with Crippen LogP contribution in [0.25, 0.3) is 6.08 Å². The lowest BCUT2D eigenvalue weighted by Crippen LogP contribution is -2.44. The van der Waals surface area contributed by atoms with Gasteiger partial charge in [0.2, 0.25) is 11.8 Å². The Morgan fingerprint density at radius 1 is 1.35 bits per heavy atom.